The first-order chi connectivity index (χ1) is 12.8. The van der Waals surface area contributed by atoms with E-state index in [0.29, 0.717) is 5.57 Å². The zero-order chi connectivity index (χ0) is 20.6. The number of carbonyl (C=O) groups is 1. The first-order valence-electron chi connectivity index (χ1n) is 8.02. The zero-order valence-electron chi connectivity index (χ0n) is 16.0. The topological polar surface area (TPSA) is 85.9 Å². The summed E-state index contributed by atoms with van der Waals surface area (Å²) in [6.45, 7) is 7.30. The molecule has 8 heteroatoms. The number of rotatable bonds is 8. The second-order valence-corrected chi connectivity index (χ2v) is 5.66. The molecule has 0 aromatic carbocycles. The smallest absolute Gasteiger partial charge is 0.331 e. The molecule has 27 heavy (non-hydrogen) atoms. The highest BCUT2D eigenvalue weighted by atomic mass is 16.5. The van der Waals surface area contributed by atoms with Crippen molar-refractivity contribution in [3.63, 3.8) is 0 Å². The quantitative estimate of drug-likeness (QED) is 0.223. The Balaban J connectivity index is 3.75. The summed E-state index contributed by atoms with van der Waals surface area (Å²) in [5.41, 5.74) is -0.0395. The molecule has 0 unspecified atom stereocenters. The minimum atomic E-state index is -0.622. The summed E-state index contributed by atoms with van der Waals surface area (Å²) in [5.74, 6) is -0.622. The lowest BCUT2D eigenvalue weighted by Gasteiger charge is -2.13. The number of allylic oxidation sites excluding steroid dienone is 4. The minimum Gasteiger partial charge on any atom is -0.466 e. The standard InChI is InChI=1S/C19H24N4O4/c1-7-9-14(8-2)13-23-18(25)15(10-11-17(24)27-6)16(12-20-21(3)4)22(5)19(23)26/h7-12H,1-2,13H2,3-6H3/b11-10+,14-9+,20-12+. The van der Waals surface area contributed by atoms with E-state index < -0.39 is 17.2 Å². The number of hydrazone groups is 1. The molecule has 0 aliphatic heterocycles. The fraction of sp³-hybridized carbons (Fsp3) is 0.263. The van der Waals surface area contributed by atoms with Crippen LogP contribution in [0.15, 0.2) is 57.7 Å². The van der Waals surface area contributed by atoms with Crippen molar-refractivity contribution in [2.45, 2.75) is 6.54 Å². The average molecular weight is 372 g/mol. The highest BCUT2D eigenvalue weighted by molar-refractivity contribution is 5.90. The van der Waals surface area contributed by atoms with Gasteiger partial charge in [0, 0.05) is 27.2 Å². The van der Waals surface area contributed by atoms with Gasteiger partial charge in [0.1, 0.15) is 0 Å². The highest BCUT2D eigenvalue weighted by Gasteiger charge is 2.15. The lowest BCUT2D eigenvalue weighted by molar-refractivity contribution is -0.134. The monoisotopic (exact) mass is 372 g/mol. The molecule has 0 saturated heterocycles. The van der Waals surface area contributed by atoms with E-state index >= 15 is 0 Å². The summed E-state index contributed by atoms with van der Waals surface area (Å²) in [5, 5.41) is 5.61. The van der Waals surface area contributed by atoms with Crippen LogP contribution in [-0.4, -0.2) is 47.5 Å². The van der Waals surface area contributed by atoms with Crippen molar-refractivity contribution in [3.8, 4) is 0 Å². The van der Waals surface area contributed by atoms with Gasteiger partial charge in [-0.3, -0.25) is 13.9 Å². The van der Waals surface area contributed by atoms with Gasteiger partial charge in [-0.15, -0.1) is 0 Å². The van der Waals surface area contributed by atoms with Gasteiger partial charge in [-0.05, 0) is 11.6 Å². The van der Waals surface area contributed by atoms with Crippen LogP contribution in [0.2, 0.25) is 0 Å². The first-order valence-corrected chi connectivity index (χ1v) is 8.02. The van der Waals surface area contributed by atoms with Crippen LogP contribution in [0.25, 0.3) is 6.08 Å². The van der Waals surface area contributed by atoms with E-state index in [1.54, 1.807) is 32.3 Å². The van der Waals surface area contributed by atoms with E-state index in [9.17, 15) is 14.4 Å². The van der Waals surface area contributed by atoms with Crippen LogP contribution in [0.5, 0.6) is 0 Å². The van der Waals surface area contributed by atoms with Gasteiger partial charge in [0.2, 0.25) is 0 Å². The molecule has 0 radical (unpaired) electrons. The fourth-order valence-electron chi connectivity index (χ4n) is 2.17. The van der Waals surface area contributed by atoms with Gasteiger partial charge in [0.25, 0.3) is 5.56 Å². The Hall–Kier alpha value is -3.42. The van der Waals surface area contributed by atoms with Crippen molar-refractivity contribution in [3.05, 3.63) is 75.1 Å². The van der Waals surface area contributed by atoms with Crippen molar-refractivity contribution in [2.24, 2.45) is 12.1 Å². The summed E-state index contributed by atoms with van der Waals surface area (Å²) in [7, 11) is 6.17. The summed E-state index contributed by atoms with van der Waals surface area (Å²) < 4.78 is 6.92. The Kier molecular flexibility index (Phi) is 7.93. The Bertz CT molecular complexity index is 930. The number of hydrogen-bond donors (Lipinski definition) is 0. The fourth-order valence-corrected chi connectivity index (χ4v) is 2.17. The van der Waals surface area contributed by atoms with E-state index in [-0.39, 0.29) is 17.8 Å². The second kappa shape index (κ2) is 9.91. The van der Waals surface area contributed by atoms with E-state index in [1.807, 2.05) is 0 Å². The maximum absolute atomic E-state index is 12.9. The molecule has 0 N–H and O–H groups in total. The molecule has 1 rings (SSSR count). The third-order valence-corrected chi connectivity index (χ3v) is 3.56. The van der Waals surface area contributed by atoms with E-state index in [2.05, 4.69) is 23.0 Å². The summed E-state index contributed by atoms with van der Waals surface area (Å²) in [4.78, 5) is 37.1. The highest BCUT2D eigenvalue weighted by Crippen LogP contribution is 2.05. The lowest BCUT2D eigenvalue weighted by atomic mass is 10.2. The first kappa shape index (κ1) is 21.6. The molecule has 0 amide bonds. The van der Waals surface area contributed by atoms with Crippen LogP contribution in [0.4, 0.5) is 0 Å². The molecular weight excluding hydrogens is 348 g/mol. The van der Waals surface area contributed by atoms with Crippen LogP contribution in [-0.2, 0) is 23.1 Å². The number of nitrogens with zero attached hydrogens (tertiary/aromatic N) is 4. The number of carbonyl (C=O) groups excluding carboxylic acids is 1. The van der Waals surface area contributed by atoms with E-state index in [1.165, 1.54) is 36.0 Å². The van der Waals surface area contributed by atoms with Crippen LogP contribution >= 0.6 is 0 Å². The van der Waals surface area contributed by atoms with E-state index in [4.69, 9.17) is 0 Å². The van der Waals surface area contributed by atoms with Crippen LogP contribution in [0.3, 0.4) is 0 Å². The molecule has 0 spiro atoms. The van der Waals surface area contributed by atoms with Gasteiger partial charge >= 0.3 is 11.7 Å². The van der Waals surface area contributed by atoms with Crippen LogP contribution < -0.4 is 11.2 Å². The lowest BCUT2D eigenvalue weighted by Crippen LogP contribution is -2.42. The second-order valence-electron chi connectivity index (χ2n) is 5.66. The van der Waals surface area contributed by atoms with Gasteiger partial charge in [-0.1, -0.05) is 31.4 Å². The molecule has 1 aromatic rings. The number of hydrogen-bond acceptors (Lipinski definition) is 6. The average Bonchev–Trinajstić information content (AvgIpc) is 2.64. The maximum Gasteiger partial charge on any atom is 0.331 e. The Morgan fingerprint density at radius 1 is 1.30 bits per heavy atom. The van der Waals surface area contributed by atoms with E-state index in [0.717, 1.165) is 10.6 Å². The Morgan fingerprint density at radius 2 is 1.96 bits per heavy atom. The van der Waals surface area contributed by atoms with Crippen molar-refractivity contribution < 1.29 is 9.53 Å². The Morgan fingerprint density at radius 3 is 2.48 bits per heavy atom. The number of ether oxygens (including phenoxy) is 1. The number of methoxy groups -OCH3 is 1. The maximum atomic E-state index is 12.9. The molecule has 1 aromatic heterocycles. The minimum absolute atomic E-state index is 0.0190. The number of aromatic nitrogens is 2. The molecule has 1 heterocycles. The predicted molar refractivity (Wildman–Crippen MR) is 107 cm³/mol. The van der Waals surface area contributed by atoms with Gasteiger partial charge < -0.3 is 9.75 Å². The van der Waals surface area contributed by atoms with Gasteiger partial charge in [0.15, 0.2) is 0 Å². The molecule has 0 atom stereocenters. The Labute approximate surface area is 157 Å². The molecule has 0 fully saturated rings. The van der Waals surface area contributed by atoms with Crippen molar-refractivity contribution >= 4 is 18.3 Å². The third-order valence-electron chi connectivity index (χ3n) is 3.56. The predicted octanol–water partition coefficient (Wildman–Crippen LogP) is 0.927. The molecule has 0 aliphatic carbocycles. The SMILES string of the molecule is C=C/C=C(\C=C)Cn1c(=O)c(/C=C/C(=O)OC)c(/C=N/N(C)C)n(C)c1=O. The number of esters is 1. The molecule has 0 saturated carbocycles. The van der Waals surface area contributed by atoms with Crippen LogP contribution in [0, 0.1) is 0 Å². The molecule has 8 nitrogen and oxygen atoms in total. The zero-order valence-corrected chi connectivity index (χ0v) is 16.0. The summed E-state index contributed by atoms with van der Waals surface area (Å²) >= 11 is 0. The largest absolute Gasteiger partial charge is 0.466 e. The molecule has 0 aliphatic rings. The normalized spacial score (nSPS) is 11.8. The molecule has 0 bridgehead atoms. The van der Waals surface area contributed by atoms with Gasteiger partial charge in [-0.25, -0.2) is 9.59 Å². The van der Waals surface area contributed by atoms with Crippen molar-refractivity contribution in [1.29, 1.82) is 0 Å². The van der Waals surface area contributed by atoms with Gasteiger partial charge in [-0.2, -0.15) is 5.10 Å². The summed E-state index contributed by atoms with van der Waals surface area (Å²) in [6, 6.07) is 0. The molecule has 144 valence electrons. The third kappa shape index (κ3) is 5.53. The van der Waals surface area contributed by atoms with Crippen molar-refractivity contribution in [2.75, 3.05) is 21.2 Å². The summed E-state index contributed by atoms with van der Waals surface area (Å²) in [6.07, 6.45) is 8.56. The van der Waals surface area contributed by atoms with Crippen LogP contribution in [0.1, 0.15) is 11.3 Å². The van der Waals surface area contributed by atoms with Gasteiger partial charge in [0.05, 0.1) is 31.1 Å². The van der Waals surface area contributed by atoms with Crippen molar-refractivity contribution in [1.82, 2.24) is 14.1 Å². The molecular formula is C19H24N4O4.